The Morgan fingerprint density at radius 3 is 1.65 bits per heavy atom. The first kappa shape index (κ1) is 52.9. The van der Waals surface area contributed by atoms with Gasteiger partial charge in [-0.05, 0) is 148 Å². The Labute approximate surface area is 486 Å². The van der Waals surface area contributed by atoms with Gasteiger partial charge in [0.25, 0.3) is 0 Å². The van der Waals surface area contributed by atoms with Gasteiger partial charge < -0.3 is 15.0 Å². The number of anilines is 4. The lowest BCUT2D eigenvalue weighted by molar-refractivity contribution is 0.484. The monoisotopic (exact) mass is 1090 g/mol. The van der Waals surface area contributed by atoms with E-state index < -0.39 is 8.07 Å². The molecule has 9 aromatic carbocycles. The highest BCUT2D eigenvalue weighted by atomic mass is 28.3. The summed E-state index contributed by atoms with van der Waals surface area (Å²) in [5, 5.41) is 12.2. The summed E-state index contributed by atoms with van der Waals surface area (Å²) in [5.41, 5.74) is 18.8. The molecule has 0 unspecified atom stereocenters. The topological polar surface area (TPSA) is 42.3 Å². The summed E-state index contributed by atoms with van der Waals surface area (Å²) in [6.07, 6.45) is 1.97. The molecule has 5 nitrogen and oxygen atoms in total. The third kappa shape index (κ3) is 8.68. The lowest BCUT2D eigenvalue weighted by Crippen LogP contribution is -2.71. The second-order valence-corrected chi connectivity index (χ2v) is 30.7. The van der Waals surface area contributed by atoms with Gasteiger partial charge in [-0.15, -0.1) is 0 Å². The largest absolute Gasteiger partial charge is 0.457 e. The van der Waals surface area contributed by atoms with Gasteiger partial charge in [0.15, 0.2) is 8.07 Å². The molecule has 13 rings (SSSR count). The van der Waals surface area contributed by atoms with Crippen LogP contribution in [0.4, 0.5) is 22.7 Å². The van der Waals surface area contributed by atoms with Crippen LogP contribution in [0.2, 0.25) is 0 Å². The second-order valence-electron chi connectivity index (χ2n) is 27.1. The van der Waals surface area contributed by atoms with Crippen LogP contribution in [0.25, 0.3) is 61.0 Å². The molecule has 0 amide bonds. The molecule has 0 bridgehead atoms. The van der Waals surface area contributed by atoms with Crippen LogP contribution in [-0.4, -0.2) is 24.7 Å². The molecule has 6 heteroatoms. The molecule has 0 saturated carbocycles. The smallest absolute Gasteiger partial charge is 0.182 e. The zero-order valence-electron chi connectivity index (χ0n) is 49.9. The molecule has 1 spiro atoms. The maximum Gasteiger partial charge on any atom is 0.182 e. The van der Waals surface area contributed by atoms with Gasteiger partial charge in [-0.25, -0.2) is 4.98 Å². The molecule has 1 N–H and O–H groups in total. The van der Waals surface area contributed by atoms with E-state index in [1.807, 2.05) is 6.20 Å². The van der Waals surface area contributed by atoms with E-state index in [1.165, 1.54) is 92.7 Å². The highest BCUT2D eigenvalue weighted by Crippen LogP contribution is 2.49. The van der Waals surface area contributed by atoms with Crippen molar-refractivity contribution in [1.82, 2.24) is 9.55 Å². The number of pyridine rings is 1. The fraction of sp³-hybridized carbons (Fsp3) is 0.224. The van der Waals surface area contributed by atoms with Crippen molar-refractivity contribution in [2.75, 3.05) is 17.3 Å². The van der Waals surface area contributed by atoms with E-state index >= 15 is 0 Å². The number of benzene rings is 9. The number of para-hydroxylation sites is 2. The number of hydrogen-bond donors (Lipinski definition) is 1. The molecular weight excluding hydrogens is 1010 g/mol. The predicted octanol–water partition coefficient (Wildman–Crippen LogP) is 17.7. The van der Waals surface area contributed by atoms with Gasteiger partial charge in [0.05, 0.1) is 28.1 Å². The quantitative estimate of drug-likeness (QED) is 0.146. The zero-order valence-corrected chi connectivity index (χ0v) is 50.9. The first-order valence-electron chi connectivity index (χ1n) is 29.2. The van der Waals surface area contributed by atoms with Gasteiger partial charge in [0.2, 0.25) is 0 Å². The molecule has 0 saturated heterocycles. The number of aromatic nitrogens is 2. The standard InChI is InChI=1S/C76H74N4OSi/c1-73(2,3)50-37-38-77-69(44-50)80-63-33-24-36-67-70(63)71-64(80)46-56(47-68(71)82(67)65-34-21-17-29-57(65)58-30-18-22-35-66(58)82)81-55-28-23-27-54(45-55)78-61-31-19-20-32-62(61)79(13)72-59(48-25-15-14-16-26-48)42-53(76(10,11)12)43-60(72)49-39-51(74(4,5)6)41-52(40-49)75(7,8)9/h14-47,78H,1-13H3. The average molecular weight is 1090 g/mol. The van der Waals surface area contributed by atoms with Gasteiger partial charge in [-0.2, -0.15) is 0 Å². The summed E-state index contributed by atoms with van der Waals surface area (Å²) in [6, 6.07) is 74.6. The molecular formula is C76H74N4OSi. The van der Waals surface area contributed by atoms with E-state index in [2.05, 4.69) is 305 Å². The average Bonchev–Trinajstić information content (AvgIpc) is 2.21. The fourth-order valence-electron chi connectivity index (χ4n) is 13.1. The summed E-state index contributed by atoms with van der Waals surface area (Å²) < 4.78 is 9.64. The third-order valence-electron chi connectivity index (χ3n) is 17.5. The van der Waals surface area contributed by atoms with Gasteiger partial charge in [-0.3, -0.25) is 4.57 Å². The zero-order chi connectivity index (χ0) is 57.3. The molecule has 2 aliphatic heterocycles. The molecule has 0 radical (unpaired) electrons. The van der Waals surface area contributed by atoms with E-state index in [9.17, 15) is 0 Å². The number of ether oxygens (including phenoxy) is 1. The van der Waals surface area contributed by atoms with Gasteiger partial charge in [-0.1, -0.05) is 210 Å². The van der Waals surface area contributed by atoms with Gasteiger partial charge in [0.1, 0.15) is 17.3 Å². The maximum absolute atomic E-state index is 7.26. The van der Waals surface area contributed by atoms with Crippen molar-refractivity contribution in [2.24, 2.45) is 0 Å². The molecule has 2 aromatic heterocycles. The van der Waals surface area contributed by atoms with Crippen molar-refractivity contribution in [2.45, 2.75) is 105 Å². The lowest BCUT2D eigenvalue weighted by Gasteiger charge is -2.32. The maximum atomic E-state index is 7.26. The summed E-state index contributed by atoms with van der Waals surface area (Å²) in [4.78, 5) is 7.51. The normalized spacial score (nSPS) is 13.5. The molecule has 82 heavy (non-hydrogen) atoms. The summed E-state index contributed by atoms with van der Waals surface area (Å²) in [7, 11) is -0.570. The highest BCUT2D eigenvalue weighted by Gasteiger charge is 2.54. The number of nitrogens with one attached hydrogen (secondary N) is 1. The van der Waals surface area contributed by atoms with E-state index in [4.69, 9.17) is 9.72 Å². The van der Waals surface area contributed by atoms with E-state index in [0.29, 0.717) is 0 Å². The summed E-state index contributed by atoms with van der Waals surface area (Å²) >= 11 is 0. The van der Waals surface area contributed by atoms with Crippen LogP contribution in [0, 0.1) is 0 Å². The molecule has 0 aliphatic carbocycles. The van der Waals surface area contributed by atoms with Crippen LogP contribution in [0.3, 0.4) is 0 Å². The second kappa shape index (κ2) is 19.1. The van der Waals surface area contributed by atoms with Crippen LogP contribution >= 0.6 is 0 Å². The van der Waals surface area contributed by atoms with Crippen LogP contribution in [0.15, 0.2) is 206 Å². The molecule has 2 aliphatic rings. The van der Waals surface area contributed by atoms with E-state index in [0.717, 1.165) is 45.6 Å². The van der Waals surface area contributed by atoms with Crippen molar-refractivity contribution < 1.29 is 4.74 Å². The summed E-state index contributed by atoms with van der Waals surface area (Å²) in [6.45, 7) is 27.7. The van der Waals surface area contributed by atoms with Crippen LogP contribution in [0.1, 0.15) is 105 Å². The molecule has 0 atom stereocenters. The van der Waals surface area contributed by atoms with Crippen molar-refractivity contribution >= 4 is 73.4 Å². The summed E-state index contributed by atoms with van der Waals surface area (Å²) in [5.74, 6) is 2.46. The van der Waals surface area contributed by atoms with Crippen LogP contribution in [-0.2, 0) is 21.7 Å². The number of fused-ring (bicyclic) bond motifs is 7. The van der Waals surface area contributed by atoms with Crippen molar-refractivity contribution in [3.8, 4) is 50.7 Å². The van der Waals surface area contributed by atoms with Crippen molar-refractivity contribution in [1.29, 1.82) is 0 Å². The third-order valence-corrected chi connectivity index (χ3v) is 22.4. The Hall–Kier alpha value is -8.45. The lowest BCUT2D eigenvalue weighted by atomic mass is 9.77. The fourth-order valence-corrected chi connectivity index (χ4v) is 18.7. The number of nitrogens with zero attached hydrogens (tertiary/aromatic N) is 3. The van der Waals surface area contributed by atoms with E-state index in [-0.39, 0.29) is 21.7 Å². The van der Waals surface area contributed by atoms with Crippen molar-refractivity contribution in [3.63, 3.8) is 0 Å². The van der Waals surface area contributed by atoms with Crippen LogP contribution < -0.4 is 35.7 Å². The molecule has 4 heterocycles. The Kier molecular flexibility index (Phi) is 12.3. The van der Waals surface area contributed by atoms with E-state index in [1.54, 1.807) is 0 Å². The number of hydrogen-bond acceptors (Lipinski definition) is 4. The Balaban J connectivity index is 0.940. The first-order chi connectivity index (χ1) is 39.1. The Bertz CT molecular complexity index is 4270. The Morgan fingerprint density at radius 1 is 0.427 bits per heavy atom. The SMILES string of the molecule is CN(c1ccccc1Nc1cccc(Oc2cc3c4c5c(cccc5n(-c5cc(C(C)(C)C)ccn5)c4c2)[Si]32c3ccccc3-c3ccccc32)c1)c1c(-c2ccccc2)cc(C(C)(C)C)cc1-c1cc(C(C)(C)C)cc(C(C)(C)C)c1. The number of rotatable bonds is 9. The predicted molar refractivity (Wildman–Crippen MR) is 351 cm³/mol. The van der Waals surface area contributed by atoms with Gasteiger partial charge in [0, 0.05) is 53.0 Å². The minimum absolute atomic E-state index is 0.0527. The highest BCUT2D eigenvalue weighted by molar-refractivity contribution is 7.25. The first-order valence-corrected chi connectivity index (χ1v) is 31.2. The minimum Gasteiger partial charge on any atom is -0.457 e. The minimum atomic E-state index is -2.80. The van der Waals surface area contributed by atoms with Gasteiger partial charge >= 0.3 is 0 Å². The molecule has 408 valence electrons. The Morgan fingerprint density at radius 2 is 0.988 bits per heavy atom. The van der Waals surface area contributed by atoms with Crippen molar-refractivity contribution in [3.05, 3.63) is 229 Å². The molecule has 0 fully saturated rings. The molecule has 11 aromatic rings. The van der Waals surface area contributed by atoms with Crippen LogP contribution in [0.5, 0.6) is 11.5 Å².